The van der Waals surface area contributed by atoms with Crippen LogP contribution in [0.5, 0.6) is 0 Å². The van der Waals surface area contributed by atoms with Crippen LogP contribution in [-0.2, 0) is 0 Å². The van der Waals surface area contributed by atoms with E-state index in [0.717, 1.165) is 17.8 Å². The summed E-state index contributed by atoms with van der Waals surface area (Å²) in [6.07, 6.45) is 8.92. The van der Waals surface area contributed by atoms with Gasteiger partial charge in [0.2, 0.25) is 0 Å². The van der Waals surface area contributed by atoms with Crippen molar-refractivity contribution < 1.29 is 0 Å². The fourth-order valence-corrected chi connectivity index (χ4v) is 2.99. The van der Waals surface area contributed by atoms with Crippen molar-refractivity contribution in [1.29, 1.82) is 0 Å². The van der Waals surface area contributed by atoms with E-state index in [2.05, 4.69) is 12.2 Å². The van der Waals surface area contributed by atoms with E-state index >= 15 is 0 Å². The molecule has 0 aromatic carbocycles. The van der Waals surface area contributed by atoms with Crippen LogP contribution in [0.2, 0.25) is 0 Å². The Labute approximate surface area is 82.3 Å². The molecule has 0 atom stereocenters. The fourth-order valence-electron chi connectivity index (χ4n) is 2.99. The predicted molar refractivity (Wildman–Crippen MR) is 56.7 cm³/mol. The van der Waals surface area contributed by atoms with Gasteiger partial charge in [0.25, 0.3) is 0 Å². The van der Waals surface area contributed by atoms with Crippen molar-refractivity contribution >= 4 is 0 Å². The predicted octanol–water partition coefficient (Wildman–Crippen LogP) is 2.81. The van der Waals surface area contributed by atoms with E-state index in [1.807, 2.05) is 0 Å². The molecule has 2 rings (SSSR count). The number of hydrogen-bond acceptors (Lipinski definition) is 1. The summed E-state index contributed by atoms with van der Waals surface area (Å²) in [5.41, 5.74) is 0. The molecule has 0 unspecified atom stereocenters. The van der Waals surface area contributed by atoms with Crippen molar-refractivity contribution in [3.63, 3.8) is 0 Å². The zero-order chi connectivity index (χ0) is 9.10. The first-order valence-corrected chi connectivity index (χ1v) is 6.09. The lowest BCUT2D eigenvalue weighted by Crippen LogP contribution is -2.31. The molecule has 0 aromatic rings. The average molecular weight is 181 g/mol. The molecule has 2 fully saturated rings. The van der Waals surface area contributed by atoms with Crippen molar-refractivity contribution in [2.75, 3.05) is 13.1 Å². The highest BCUT2D eigenvalue weighted by Gasteiger charge is 2.29. The van der Waals surface area contributed by atoms with Crippen molar-refractivity contribution in [3.8, 4) is 0 Å². The molecule has 76 valence electrons. The maximum atomic E-state index is 3.44. The molecule has 1 heterocycles. The molecule has 1 aliphatic carbocycles. The van der Waals surface area contributed by atoms with E-state index in [9.17, 15) is 0 Å². The van der Waals surface area contributed by atoms with Crippen LogP contribution >= 0.6 is 0 Å². The highest BCUT2D eigenvalue weighted by atomic mass is 14.9. The maximum absolute atomic E-state index is 3.44. The summed E-state index contributed by atoms with van der Waals surface area (Å²) in [6.45, 7) is 4.88. The van der Waals surface area contributed by atoms with E-state index in [1.165, 1.54) is 38.8 Å². The molecule has 1 aliphatic heterocycles. The molecular formula is C12H23N. The Bertz CT molecular complexity index is 143. The minimum absolute atomic E-state index is 1.06. The lowest BCUT2D eigenvalue weighted by atomic mass is 9.69. The first kappa shape index (κ1) is 9.51. The molecule has 1 saturated heterocycles. The molecule has 0 spiro atoms. The Morgan fingerprint density at radius 1 is 1.00 bits per heavy atom. The SMILES string of the molecule is CCC1CC(CC2CCNCC2)C1. The van der Waals surface area contributed by atoms with Gasteiger partial charge >= 0.3 is 0 Å². The summed E-state index contributed by atoms with van der Waals surface area (Å²) in [6, 6.07) is 0. The summed E-state index contributed by atoms with van der Waals surface area (Å²) < 4.78 is 0. The second-order valence-corrected chi connectivity index (χ2v) is 5.04. The third kappa shape index (κ3) is 2.46. The van der Waals surface area contributed by atoms with Crippen LogP contribution < -0.4 is 5.32 Å². The molecule has 1 nitrogen and oxygen atoms in total. The zero-order valence-corrected chi connectivity index (χ0v) is 8.89. The lowest BCUT2D eigenvalue weighted by molar-refractivity contribution is 0.143. The number of hydrogen-bond donors (Lipinski definition) is 1. The second kappa shape index (κ2) is 4.45. The van der Waals surface area contributed by atoms with Crippen LogP contribution in [-0.4, -0.2) is 13.1 Å². The summed E-state index contributed by atoms with van der Waals surface area (Å²) in [4.78, 5) is 0. The van der Waals surface area contributed by atoms with Crippen molar-refractivity contribution in [3.05, 3.63) is 0 Å². The Morgan fingerprint density at radius 2 is 1.69 bits per heavy atom. The molecule has 2 aliphatic rings. The van der Waals surface area contributed by atoms with E-state index in [4.69, 9.17) is 0 Å². The summed E-state index contributed by atoms with van der Waals surface area (Å²) >= 11 is 0. The Kier molecular flexibility index (Phi) is 3.26. The van der Waals surface area contributed by atoms with Gasteiger partial charge in [-0.1, -0.05) is 13.3 Å². The quantitative estimate of drug-likeness (QED) is 0.706. The van der Waals surface area contributed by atoms with Crippen LogP contribution in [0.15, 0.2) is 0 Å². The Morgan fingerprint density at radius 3 is 2.31 bits per heavy atom. The van der Waals surface area contributed by atoms with Crippen molar-refractivity contribution in [2.24, 2.45) is 17.8 Å². The Balaban J connectivity index is 1.62. The van der Waals surface area contributed by atoms with Crippen LogP contribution in [0.25, 0.3) is 0 Å². The smallest absolute Gasteiger partial charge is 0.00463 e. The molecule has 0 amide bonds. The first-order valence-electron chi connectivity index (χ1n) is 6.09. The second-order valence-electron chi connectivity index (χ2n) is 5.04. The van der Waals surface area contributed by atoms with Gasteiger partial charge in [0.1, 0.15) is 0 Å². The molecule has 0 radical (unpaired) electrons. The normalized spacial score (nSPS) is 35.8. The molecule has 1 heteroatoms. The zero-order valence-electron chi connectivity index (χ0n) is 8.89. The van der Waals surface area contributed by atoms with Gasteiger partial charge in [-0.3, -0.25) is 0 Å². The van der Waals surface area contributed by atoms with Crippen LogP contribution in [0.1, 0.15) is 45.4 Å². The summed E-state index contributed by atoms with van der Waals surface area (Å²) in [5.74, 6) is 3.25. The third-order valence-electron chi connectivity index (χ3n) is 4.04. The van der Waals surface area contributed by atoms with Gasteiger partial charge in [-0.25, -0.2) is 0 Å². The van der Waals surface area contributed by atoms with Gasteiger partial charge in [-0.2, -0.15) is 0 Å². The number of nitrogens with one attached hydrogen (secondary N) is 1. The minimum atomic E-state index is 1.06. The maximum Gasteiger partial charge on any atom is -0.00463 e. The summed E-state index contributed by atoms with van der Waals surface area (Å²) in [7, 11) is 0. The van der Waals surface area contributed by atoms with Crippen LogP contribution in [0.3, 0.4) is 0 Å². The van der Waals surface area contributed by atoms with Crippen LogP contribution in [0.4, 0.5) is 0 Å². The summed E-state index contributed by atoms with van der Waals surface area (Å²) in [5, 5.41) is 3.44. The van der Waals surface area contributed by atoms with E-state index in [1.54, 1.807) is 12.8 Å². The molecular weight excluding hydrogens is 158 g/mol. The highest BCUT2D eigenvalue weighted by Crippen LogP contribution is 2.40. The molecule has 13 heavy (non-hydrogen) atoms. The van der Waals surface area contributed by atoms with E-state index in [-0.39, 0.29) is 0 Å². The topological polar surface area (TPSA) is 12.0 Å². The van der Waals surface area contributed by atoms with Crippen molar-refractivity contribution in [2.45, 2.75) is 45.4 Å². The molecule has 0 bridgehead atoms. The first-order chi connectivity index (χ1) is 6.38. The van der Waals surface area contributed by atoms with Gasteiger partial charge in [0, 0.05) is 0 Å². The van der Waals surface area contributed by atoms with Gasteiger partial charge in [0.15, 0.2) is 0 Å². The number of piperidine rings is 1. The largest absolute Gasteiger partial charge is 0.317 e. The van der Waals surface area contributed by atoms with E-state index < -0.39 is 0 Å². The van der Waals surface area contributed by atoms with Gasteiger partial charge in [0.05, 0.1) is 0 Å². The molecule has 1 N–H and O–H groups in total. The fraction of sp³-hybridized carbons (Fsp3) is 1.00. The highest BCUT2D eigenvalue weighted by molar-refractivity contribution is 4.81. The molecule has 0 aromatic heterocycles. The lowest BCUT2D eigenvalue weighted by Gasteiger charge is -2.38. The van der Waals surface area contributed by atoms with E-state index in [0.29, 0.717) is 0 Å². The van der Waals surface area contributed by atoms with Crippen molar-refractivity contribution in [1.82, 2.24) is 5.32 Å². The third-order valence-corrected chi connectivity index (χ3v) is 4.04. The van der Waals surface area contributed by atoms with Gasteiger partial charge in [-0.15, -0.1) is 0 Å². The molecule has 1 saturated carbocycles. The minimum Gasteiger partial charge on any atom is -0.317 e. The average Bonchev–Trinajstić information content (AvgIpc) is 2.12. The number of rotatable bonds is 3. The van der Waals surface area contributed by atoms with Crippen LogP contribution in [0, 0.1) is 17.8 Å². The standard InChI is InChI=1S/C12H23N/c1-2-10-7-12(8-10)9-11-3-5-13-6-4-11/h10-13H,2-9H2,1H3. The Hall–Kier alpha value is -0.0400. The van der Waals surface area contributed by atoms with Gasteiger partial charge in [-0.05, 0) is 62.9 Å². The monoisotopic (exact) mass is 181 g/mol. The van der Waals surface area contributed by atoms with Gasteiger partial charge < -0.3 is 5.32 Å².